The maximum absolute atomic E-state index is 12.2. The predicted molar refractivity (Wildman–Crippen MR) is 143 cm³/mol. The molecule has 0 bridgehead atoms. The van der Waals surface area contributed by atoms with E-state index in [0.29, 0.717) is 31.7 Å². The quantitative estimate of drug-likeness (QED) is 0.383. The van der Waals surface area contributed by atoms with Crippen molar-refractivity contribution in [2.45, 2.75) is 52.5 Å². The molecule has 1 aliphatic rings. The van der Waals surface area contributed by atoms with Gasteiger partial charge in [-0.2, -0.15) is 0 Å². The Morgan fingerprint density at radius 3 is 2.61 bits per heavy atom. The fourth-order valence-corrected chi connectivity index (χ4v) is 5.12. The van der Waals surface area contributed by atoms with Gasteiger partial charge in [-0.3, -0.25) is 9.69 Å². The van der Waals surface area contributed by atoms with Gasteiger partial charge in [0.05, 0.1) is 19.8 Å². The summed E-state index contributed by atoms with van der Waals surface area (Å²) >= 11 is 0. The number of aryl methyl sites for hydroxylation is 2. The Bertz CT molecular complexity index is 1220. The van der Waals surface area contributed by atoms with Crippen LogP contribution in [-0.4, -0.2) is 42.6 Å². The smallest absolute Gasteiger partial charge is 0.161 e. The minimum absolute atomic E-state index is 0.0540. The van der Waals surface area contributed by atoms with Crippen LogP contribution in [0.2, 0.25) is 0 Å². The third kappa shape index (κ3) is 5.90. The SMILES string of the molecule is CCC(=O)CCN1CCc2cc(OC)c(OCCc3cccc(O)c3)cc2C1c1ccc(C)cc1C. The van der Waals surface area contributed by atoms with E-state index in [9.17, 15) is 9.90 Å². The maximum Gasteiger partial charge on any atom is 0.161 e. The lowest BCUT2D eigenvalue weighted by atomic mass is 9.85. The molecular weight excluding hydrogens is 450 g/mol. The summed E-state index contributed by atoms with van der Waals surface area (Å²) in [5, 5.41) is 9.75. The summed E-state index contributed by atoms with van der Waals surface area (Å²) in [6.07, 6.45) is 2.72. The molecule has 0 amide bonds. The molecule has 0 saturated heterocycles. The number of nitrogens with zero attached hydrogens (tertiary/aromatic N) is 1. The second-order valence-electron chi connectivity index (χ2n) is 9.66. The van der Waals surface area contributed by atoms with Gasteiger partial charge in [-0.25, -0.2) is 0 Å². The molecule has 5 nitrogen and oxygen atoms in total. The topological polar surface area (TPSA) is 59.0 Å². The third-order valence-corrected chi connectivity index (χ3v) is 7.10. The third-order valence-electron chi connectivity index (χ3n) is 7.10. The van der Waals surface area contributed by atoms with Gasteiger partial charge in [0.25, 0.3) is 0 Å². The number of phenols is 1. The van der Waals surface area contributed by atoms with Crippen LogP contribution in [-0.2, 0) is 17.6 Å². The second kappa shape index (κ2) is 11.6. The molecular formula is C31H37NO4. The van der Waals surface area contributed by atoms with Gasteiger partial charge in [-0.15, -0.1) is 0 Å². The van der Waals surface area contributed by atoms with Gasteiger partial charge in [-0.1, -0.05) is 42.8 Å². The molecule has 190 valence electrons. The van der Waals surface area contributed by atoms with Crippen LogP contribution < -0.4 is 9.47 Å². The number of carbonyl (C=O) groups excluding carboxylic acids is 1. The Morgan fingerprint density at radius 1 is 1.06 bits per heavy atom. The highest BCUT2D eigenvalue weighted by molar-refractivity contribution is 5.78. The van der Waals surface area contributed by atoms with E-state index in [2.05, 4.69) is 49.1 Å². The van der Waals surface area contributed by atoms with Crippen molar-refractivity contribution < 1.29 is 19.4 Å². The summed E-state index contributed by atoms with van der Waals surface area (Å²) in [6.45, 7) is 8.32. The highest BCUT2D eigenvalue weighted by Crippen LogP contribution is 2.42. The van der Waals surface area contributed by atoms with Gasteiger partial charge in [0.1, 0.15) is 11.5 Å². The number of ketones is 1. The lowest BCUT2D eigenvalue weighted by molar-refractivity contribution is -0.119. The van der Waals surface area contributed by atoms with E-state index in [4.69, 9.17) is 9.47 Å². The van der Waals surface area contributed by atoms with Crippen LogP contribution in [0.1, 0.15) is 59.2 Å². The molecule has 4 rings (SSSR count). The average Bonchev–Trinajstić information content (AvgIpc) is 2.87. The zero-order valence-corrected chi connectivity index (χ0v) is 21.8. The number of methoxy groups -OCH3 is 1. The van der Waals surface area contributed by atoms with Gasteiger partial charge in [0, 0.05) is 32.4 Å². The van der Waals surface area contributed by atoms with Crippen molar-refractivity contribution in [2.75, 3.05) is 26.8 Å². The average molecular weight is 488 g/mol. The number of rotatable bonds is 10. The molecule has 36 heavy (non-hydrogen) atoms. The standard InChI is InChI=1S/C31H37NO4/c1-5-25(33)12-15-32-14-11-24-19-29(35-4)30(36-16-13-23-7-6-8-26(34)18-23)20-28(24)31(32)27-10-9-21(2)17-22(27)3/h6-10,17-20,31,34H,5,11-16H2,1-4H3. The van der Waals surface area contributed by atoms with E-state index >= 15 is 0 Å². The van der Waals surface area contributed by atoms with E-state index in [-0.39, 0.29) is 11.8 Å². The van der Waals surface area contributed by atoms with Crippen molar-refractivity contribution >= 4 is 5.78 Å². The molecule has 1 aliphatic heterocycles. The van der Waals surface area contributed by atoms with E-state index < -0.39 is 0 Å². The zero-order valence-electron chi connectivity index (χ0n) is 21.8. The summed E-state index contributed by atoms with van der Waals surface area (Å²) in [5.74, 6) is 2.01. The highest BCUT2D eigenvalue weighted by Gasteiger charge is 2.31. The van der Waals surface area contributed by atoms with Gasteiger partial charge in [0.2, 0.25) is 0 Å². The Hall–Kier alpha value is -3.31. The minimum Gasteiger partial charge on any atom is -0.508 e. The number of fused-ring (bicyclic) bond motifs is 1. The summed E-state index contributed by atoms with van der Waals surface area (Å²) in [7, 11) is 1.68. The van der Waals surface area contributed by atoms with Crippen molar-refractivity contribution in [1.82, 2.24) is 4.90 Å². The number of ether oxygens (including phenoxy) is 2. The number of aromatic hydroxyl groups is 1. The Kier molecular flexibility index (Phi) is 8.32. The molecule has 0 aromatic heterocycles. The summed E-state index contributed by atoms with van der Waals surface area (Å²) in [5.41, 5.74) is 7.25. The molecule has 1 heterocycles. The van der Waals surface area contributed by atoms with Crippen molar-refractivity contribution in [2.24, 2.45) is 0 Å². The molecule has 0 spiro atoms. The first-order valence-corrected chi connectivity index (χ1v) is 12.8. The Balaban J connectivity index is 1.67. The van der Waals surface area contributed by atoms with E-state index in [0.717, 1.165) is 36.6 Å². The molecule has 1 unspecified atom stereocenters. The normalized spacial score (nSPS) is 15.4. The lowest BCUT2D eigenvalue weighted by Gasteiger charge is -2.39. The van der Waals surface area contributed by atoms with Crippen LogP contribution in [0.5, 0.6) is 17.2 Å². The number of Topliss-reactive ketones (excluding diaryl/α,β-unsaturated/α-hetero) is 1. The first kappa shape index (κ1) is 25.8. The second-order valence-corrected chi connectivity index (χ2v) is 9.66. The predicted octanol–water partition coefficient (Wildman–Crippen LogP) is 5.96. The fourth-order valence-electron chi connectivity index (χ4n) is 5.12. The number of benzene rings is 3. The molecule has 1 N–H and O–H groups in total. The summed E-state index contributed by atoms with van der Waals surface area (Å²) < 4.78 is 12.0. The van der Waals surface area contributed by atoms with E-state index in [1.54, 1.807) is 19.2 Å². The van der Waals surface area contributed by atoms with Crippen LogP contribution in [0.15, 0.2) is 54.6 Å². The van der Waals surface area contributed by atoms with Crippen molar-refractivity contribution in [3.63, 3.8) is 0 Å². The molecule has 0 aliphatic carbocycles. The Labute approximate surface area is 214 Å². The van der Waals surface area contributed by atoms with Gasteiger partial charge >= 0.3 is 0 Å². The van der Waals surface area contributed by atoms with Crippen molar-refractivity contribution in [3.8, 4) is 17.2 Å². The van der Waals surface area contributed by atoms with E-state index in [1.165, 1.54) is 27.8 Å². The molecule has 1 atom stereocenters. The highest BCUT2D eigenvalue weighted by atomic mass is 16.5. The van der Waals surface area contributed by atoms with Crippen molar-refractivity contribution in [3.05, 3.63) is 88.0 Å². The summed E-state index contributed by atoms with van der Waals surface area (Å²) in [4.78, 5) is 14.6. The zero-order chi connectivity index (χ0) is 25.7. The number of carbonyl (C=O) groups is 1. The van der Waals surface area contributed by atoms with Crippen LogP contribution in [0, 0.1) is 13.8 Å². The molecule has 0 radical (unpaired) electrons. The fraction of sp³-hybridized carbons (Fsp3) is 0.387. The molecule has 5 heteroatoms. The van der Waals surface area contributed by atoms with Crippen LogP contribution >= 0.6 is 0 Å². The van der Waals surface area contributed by atoms with Crippen LogP contribution in [0.4, 0.5) is 0 Å². The molecule has 3 aromatic carbocycles. The first-order chi connectivity index (χ1) is 17.4. The largest absolute Gasteiger partial charge is 0.508 e. The Morgan fingerprint density at radius 2 is 1.89 bits per heavy atom. The van der Waals surface area contributed by atoms with Gasteiger partial charge < -0.3 is 14.6 Å². The molecule has 0 fully saturated rings. The van der Waals surface area contributed by atoms with Crippen LogP contribution in [0.25, 0.3) is 0 Å². The van der Waals surface area contributed by atoms with Gasteiger partial charge in [0.15, 0.2) is 11.5 Å². The van der Waals surface area contributed by atoms with Gasteiger partial charge in [-0.05, 0) is 72.4 Å². The first-order valence-electron chi connectivity index (χ1n) is 12.8. The van der Waals surface area contributed by atoms with Crippen LogP contribution in [0.3, 0.4) is 0 Å². The lowest BCUT2D eigenvalue weighted by Crippen LogP contribution is -2.38. The summed E-state index contributed by atoms with van der Waals surface area (Å²) in [6, 6.07) is 18.2. The number of hydrogen-bond acceptors (Lipinski definition) is 5. The maximum atomic E-state index is 12.2. The number of phenolic OH excluding ortho intramolecular Hbond substituents is 1. The monoisotopic (exact) mass is 487 g/mol. The molecule has 0 saturated carbocycles. The minimum atomic E-state index is 0.0540. The van der Waals surface area contributed by atoms with E-state index in [1.807, 2.05) is 19.1 Å². The van der Waals surface area contributed by atoms with Crippen molar-refractivity contribution in [1.29, 1.82) is 0 Å². The number of hydrogen-bond donors (Lipinski definition) is 1. The molecule has 3 aromatic rings.